The van der Waals surface area contributed by atoms with Gasteiger partial charge in [0, 0.05) is 20.9 Å². The van der Waals surface area contributed by atoms with E-state index in [0.717, 1.165) is 6.04 Å². The molecule has 0 aliphatic heterocycles. The Morgan fingerprint density at radius 2 is 2.09 bits per heavy atom. The van der Waals surface area contributed by atoms with Gasteiger partial charge in [-0.15, -0.1) is 0 Å². The zero-order valence-electron chi connectivity index (χ0n) is 14.2. The second-order valence-corrected chi connectivity index (χ2v) is 13.1. The van der Waals surface area contributed by atoms with Crippen LogP contribution in [0.3, 0.4) is 0 Å². The summed E-state index contributed by atoms with van der Waals surface area (Å²) in [5.74, 6) is -0.973. The molecule has 126 valence electrons. The predicted molar refractivity (Wildman–Crippen MR) is 95.1 cm³/mol. The minimum Gasteiger partial charge on any atom is -0.478 e. The van der Waals surface area contributed by atoms with Crippen LogP contribution in [0, 0.1) is 6.92 Å². The topological polar surface area (TPSA) is 77.2 Å². The quantitative estimate of drug-likeness (QED) is 0.355. The van der Waals surface area contributed by atoms with Crippen LogP contribution < -0.4 is 0 Å². The number of aromatic nitrogens is 3. The van der Waals surface area contributed by atoms with Crippen LogP contribution in [0.5, 0.6) is 0 Å². The highest BCUT2D eigenvalue weighted by molar-refractivity contribution is 7.98. The van der Waals surface area contributed by atoms with Crippen molar-refractivity contribution in [2.24, 2.45) is 0 Å². The number of carboxylic acids is 1. The van der Waals surface area contributed by atoms with E-state index in [0.29, 0.717) is 35.2 Å². The molecule has 0 radical (unpaired) electrons. The second kappa shape index (κ2) is 7.02. The lowest BCUT2D eigenvalue weighted by molar-refractivity contribution is 0.0696. The number of fused-ring (bicyclic) bond motifs is 1. The molecule has 2 rings (SSSR count). The number of aromatic carboxylic acids is 1. The maximum absolute atomic E-state index is 11.5. The van der Waals surface area contributed by atoms with Crippen LogP contribution in [-0.2, 0) is 11.5 Å². The highest BCUT2D eigenvalue weighted by Gasteiger charge is 2.19. The van der Waals surface area contributed by atoms with Gasteiger partial charge in [-0.25, -0.2) is 14.8 Å². The number of thioether (sulfide) groups is 1. The minimum atomic E-state index is -1.14. The van der Waals surface area contributed by atoms with Crippen molar-refractivity contribution < 1.29 is 14.6 Å². The lowest BCUT2D eigenvalue weighted by Gasteiger charge is -2.15. The van der Waals surface area contributed by atoms with Gasteiger partial charge in [-0.3, -0.25) is 0 Å². The number of carbonyl (C=O) groups is 1. The van der Waals surface area contributed by atoms with Gasteiger partial charge >= 0.3 is 5.97 Å². The fraction of sp³-hybridized carbons (Fsp3) is 0.533. The normalized spacial score (nSPS) is 12.0. The number of carboxylic acid groups (broad SMARTS) is 1. The van der Waals surface area contributed by atoms with Crippen molar-refractivity contribution in [3.63, 3.8) is 0 Å². The molecule has 0 aliphatic carbocycles. The molecule has 0 atom stereocenters. The summed E-state index contributed by atoms with van der Waals surface area (Å²) in [4.78, 5) is 20.3. The molecular weight excluding hydrogens is 330 g/mol. The Bertz CT molecular complexity index is 725. The first kappa shape index (κ1) is 18.0. The predicted octanol–water partition coefficient (Wildman–Crippen LogP) is 3.47. The van der Waals surface area contributed by atoms with Crippen molar-refractivity contribution in [1.29, 1.82) is 0 Å². The zero-order chi connectivity index (χ0) is 17.2. The Balaban J connectivity index is 2.32. The van der Waals surface area contributed by atoms with Crippen molar-refractivity contribution in [2.45, 2.75) is 44.5 Å². The molecule has 0 aromatic carbocycles. The lowest BCUT2D eigenvalue weighted by atomic mass is 10.2. The molecule has 0 fully saturated rings. The summed E-state index contributed by atoms with van der Waals surface area (Å²) >= 11 is 1.44. The maximum Gasteiger partial charge on any atom is 0.338 e. The Morgan fingerprint density at radius 1 is 1.39 bits per heavy atom. The molecule has 1 N–H and O–H groups in total. The SMILES string of the molecule is CSc1nc(C)c2c(C(=O)O)cn(COCC[Si](C)(C)C)c2n1. The number of nitrogens with zero attached hydrogens (tertiary/aromatic N) is 3. The molecule has 0 amide bonds. The van der Waals surface area contributed by atoms with Gasteiger partial charge in [0.05, 0.1) is 16.6 Å². The first-order valence-electron chi connectivity index (χ1n) is 7.45. The van der Waals surface area contributed by atoms with Crippen molar-refractivity contribution >= 4 is 36.8 Å². The van der Waals surface area contributed by atoms with Crippen molar-refractivity contribution in [3.8, 4) is 0 Å². The number of rotatable bonds is 7. The molecule has 0 saturated heterocycles. The molecular formula is C15H23N3O3SSi. The minimum absolute atomic E-state index is 0.221. The second-order valence-electron chi connectivity index (χ2n) is 6.66. The zero-order valence-corrected chi connectivity index (χ0v) is 16.0. The van der Waals surface area contributed by atoms with Crippen molar-refractivity contribution in [3.05, 3.63) is 17.5 Å². The summed E-state index contributed by atoms with van der Waals surface area (Å²) in [6.07, 6.45) is 3.49. The third-order valence-corrected chi connectivity index (χ3v) is 5.77. The van der Waals surface area contributed by atoms with Gasteiger partial charge in [0.25, 0.3) is 0 Å². The molecule has 0 unspecified atom stereocenters. The Hall–Kier alpha value is -1.38. The van der Waals surface area contributed by atoms with Gasteiger partial charge in [0.1, 0.15) is 12.4 Å². The van der Waals surface area contributed by atoms with E-state index in [1.165, 1.54) is 11.8 Å². The third kappa shape index (κ3) is 4.33. The number of hydrogen-bond acceptors (Lipinski definition) is 5. The summed E-state index contributed by atoms with van der Waals surface area (Å²) in [5.41, 5.74) is 1.52. The van der Waals surface area contributed by atoms with Crippen molar-refractivity contribution in [1.82, 2.24) is 14.5 Å². The summed E-state index contributed by atoms with van der Waals surface area (Å²) in [6, 6.07) is 1.07. The van der Waals surface area contributed by atoms with Gasteiger partial charge in [0.15, 0.2) is 5.16 Å². The van der Waals surface area contributed by atoms with E-state index in [-0.39, 0.29) is 5.56 Å². The summed E-state index contributed by atoms with van der Waals surface area (Å²) in [5, 5.41) is 10.6. The number of hydrogen-bond donors (Lipinski definition) is 1. The molecule has 0 spiro atoms. The van der Waals surface area contributed by atoms with Crippen LogP contribution in [0.1, 0.15) is 16.1 Å². The monoisotopic (exact) mass is 353 g/mol. The highest BCUT2D eigenvalue weighted by atomic mass is 32.2. The van der Waals surface area contributed by atoms with Gasteiger partial charge in [-0.05, 0) is 19.2 Å². The van der Waals surface area contributed by atoms with E-state index in [1.807, 2.05) is 13.2 Å². The molecule has 0 bridgehead atoms. The molecule has 0 saturated carbocycles. The average Bonchev–Trinajstić information content (AvgIpc) is 2.82. The van der Waals surface area contributed by atoms with Crippen LogP contribution in [-0.4, -0.2) is 46.5 Å². The van der Waals surface area contributed by atoms with E-state index < -0.39 is 14.0 Å². The number of aryl methyl sites for hydroxylation is 1. The summed E-state index contributed by atoms with van der Waals surface area (Å²) < 4.78 is 7.51. The van der Waals surface area contributed by atoms with Crippen LogP contribution in [0.15, 0.2) is 11.4 Å². The average molecular weight is 354 g/mol. The fourth-order valence-corrected chi connectivity index (χ4v) is 3.39. The molecule has 2 heterocycles. The summed E-state index contributed by atoms with van der Waals surface area (Å²) in [6.45, 7) is 9.68. The van der Waals surface area contributed by atoms with E-state index in [4.69, 9.17) is 4.74 Å². The smallest absolute Gasteiger partial charge is 0.338 e. The largest absolute Gasteiger partial charge is 0.478 e. The molecule has 8 heteroatoms. The summed E-state index contributed by atoms with van der Waals surface area (Å²) in [7, 11) is -1.14. The van der Waals surface area contributed by atoms with E-state index in [2.05, 4.69) is 29.6 Å². The lowest BCUT2D eigenvalue weighted by Crippen LogP contribution is -2.22. The first-order chi connectivity index (χ1) is 10.7. The Morgan fingerprint density at radius 3 is 2.65 bits per heavy atom. The Kier molecular flexibility index (Phi) is 5.48. The van der Waals surface area contributed by atoms with E-state index in [1.54, 1.807) is 10.8 Å². The maximum atomic E-state index is 11.5. The van der Waals surface area contributed by atoms with E-state index in [9.17, 15) is 9.90 Å². The first-order valence-corrected chi connectivity index (χ1v) is 12.4. The van der Waals surface area contributed by atoms with Gasteiger partial charge in [-0.2, -0.15) is 0 Å². The number of ether oxygens (including phenoxy) is 1. The van der Waals surface area contributed by atoms with Crippen LogP contribution >= 0.6 is 11.8 Å². The standard InChI is InChI=1S/C15H23N3O3SSi/c1-10-12-11(14(19)20)8-18(9-21-6-7-23(3,4)5)13(12)17-15(16-10)22-2/h8H,6-7,9H2,1-5H3,(H,19,20). The van der Waals surface area contributed by atoms with Gasteiger partial charge in [0.2, 0.25) is 0 Å². The fourth-order valence-electron chi connectivity index (χ4n) is 2.23. The van der Waals surface area contributed by atoms with Crippen LogP contribution in [0.4, 0.5) is 0 Å². The van der Waals surface area contributed by atoms with Crippen molar-refractivity contribution in [2.75, 3.05) is 12.9 Å². The van der Waals surface area contributed by atoms with Crippen LogP contribution in [0.25, 0.3) is 11.0 Å². The molecule has 0 aliphatic rings. The highest BCUT2D eigenvalue weighted by Crippen LogP contribution is 2.25. The van der Waals surface area contributed by atoms with Gasteiger partial charge in [-0.1, -0.05) is 31.4 Å². The van der Waals surface area contributed by atoms with E-state index >= 15 is 0 Å². The Labute approximate surface area is 141 Å². The molecule has 23 heavy (non-hydrogen) atoms. The third-order valence-electron chi connectivity index (χ3n) is 3.52. The van der Waals surface area contributed by atoms with Crippen LogP contribution in [0.2, 0.25) is 25.7 Å². The molecule has 2 aromatic heterocycles. The van der Waals surface area contributed by atoms with Gasteiger partial charge < -0.3 is 14.4 Å². The molecule has 2 aromatic rings. The molecule has 6 nitrogen and oxygen atoms in total.